The maximum absolute atomic E-state index is 12.7. The predicted octanol–water partition coefficient (Wildman–Crippen LogP) is 3.73. The third kappa shape index (κ3) is 6.09. The van der Waals surface area contributed by atoms with Gasteiger partial charge in [0.15, 0.2) is 0 Å². The summed E-state index contributed by atoms with van der Waals surface area (Å²) in [6.45, 7) is 2.23. The van der Waals surface area contributed by atoms with Gasteiger partial charge in [-0.25, -0.2) is 0 Å². The molecule has 164 valence electrons. The summed E-state index contributed by atoms with van der Waals surface area (Å²) in [6, 6.07) is 19.2. The van der Waals surface area contributed by atoms with Gasteiger partial charge < -0.3 is 21.7 Å². The van der Waals surface area contributed by atoms with Crippen LogP contribution in [0.2, 0.25) is 5.02 Å². The van der Waals surface area contributed by atoms with E-state index in [1.807, 2.05) is 31.2 Å². The van der Waals surface area contributed by atoms with Gasteiger partial charge in [-0.2, -0.15) is 0 Å². The third-order valence-corrected chi connectivity index (χ3v) is 4.94. The van der Waals surface area contributed by atoms with Gasteiger partial charge in [0, 0.05) is 17.3 Å². The molecular formula is C24H23ClN4O3. The van der Waals surface area contributed by atoms with Gasteiger partial charge in [0.2, 0.25) is 5.91 Å². The van der Waals surface area contributed by atoms with Crippen LogP contribution in [-0.2, 0) is 11.3 Å². The molecule has 0 bridgehead atoms. The standard InChI is InChI=1S/C24H23ClN4O3/c1-15-6-8-16(9-7-15)13-28-24(32)18-4-2-3-5-21(18)29-22(30)14-27-20-11-10-17(25)12-19(20)23(26)31/h2-12,27H,13-14H2,1H3,(H2,26,31)(H,28,32)(H,29,30). The van der Waals surface area contributed by atoms with Gasteiger partial charge in [-0.15, -0.1) is 0 Å². The lowest BCUT2D eigenvalue weighted by atomic mass is 10.1. The van der Waals surface area contributed by atoms with Crippen molar-refractivity contribution in [2.45, 2.75) is 13.5 Å². The number of hydrogen-bond donors (Lipinski definition) is 4. The Morgan fingerprint density at radius 3 is 2.34 bits per heavy atom. The van der Waals surface area contributed by atoms with Crippen LogP contribution in [0.15, 0.2) is 66.7 Å². The second kappa shape index (κ2) is 10.5. The van der Waals surface area contributed by atoms with Crippen molar-refractivity contribution in [2.24, 2.45) is 5.73 Å². The van der Waals surface area contributed by atoms with Crippen LogP contribution in [0.5, 0.6) is 0 Å². The molecule has 0 unspecified atom stereocenters. The molecule has 0 heterocycles. The van der Waals surface area contributed by atoms with E-state index < -0.39 is 11.8 Å². The summed E-state index contributed by atoms with van der Waals surface area (Å²) in [4.78, 5) is 36.7. The van der Waals surface area contributed by atoms with Gasteiger partial charge in [0.05, 0.1) is 23.4 Å². The predicted molar refractivity (Wildman–Crippen MR) is 126 cm³/mol. The molecule has 0 atom stereocenters. The van der Waals surface area contributed by atoms with Crippen LogP contribution in [0.1, 0.15) is 31.8 Å². The molecule has 0 aromatic heterocycles. The van der Waals surface area contributed by atoms with Gasteiger partial charge in [0.25, 0.3) is 11.8 Å². The molecule has 7 nitrogen and oxygen atoms in total. The molecule has 0 spiro atoms. The summed E-state index contributed by atoms with van der Waals surface area (Å²) in [5.41, 5.74) is 8.78. The van der Waals surface area contributed by atoms with Crippen molar-refractivity contribution < 1.29 is 14.4 Å². The van der Waals surface area contributed by atoms with E-state index in [0.29, 0.717) is 28.5 Å². The number of hydrogen-bond acceptors (Lipinski definition) is 4. The summed E-state index contributed by atoms with van der Waals surface area (Å²) in [5.74, 6) is -1.36. The molecule has 0 aliphatic heterocycles. The fraction of sp³-hybridized carbons (Fsp3) is 0.125. The fourth-order valence-corrected chi connectivity index (χ4v) is 3.19. The molecule has 0 aliphatic carbocycles. The minimum absolute atomic E-state index is 0.138. The van der Waals surface area contributed by atoms with Crippen molar-refractivity contribution in [3.63, 3.8) is 0 Å². The number of halogens is 1. The Morgan fingerprint density at radius 1 is 0.906 bits per heavy atom. The number of rotatable bonds is 8. The van der Waals surface area contributed by atoms with Crippen molar-refractivity contribution in [1.29, 1.82) is 0 Å². The number of carbonyl (C=O) groups excluding carboxylic acids is 3. The van der Waals surface area contributed by atoms with Crippen molar-refractivity contribution in [3.05, 3.63) is 94.0 Å². The van der Waals surface area contributed by atoms with Gasteiger partial charge in [0.1, 0.15) is 0 Å². The Kier molecular flexibility index (Phi) is 7.46. The Morgan fingerprint density at radius 2 is 1.62 bits per heavy atom. The second-order valence-corrected chi connectivity index (χ2v) is 7.61. The molecule has 0 radical (unpaired) electrons. The molecular weight excluding hydrogens is 428 g/mol. The summed E-state index contributed by atoms with van der Waals surface area (Å²) in [5, 5.41) is 8.81. The highest BCUT2D eigenvalue weighted by atomic mass is 35.5. The zero-order valence-electron chi connectivity index (χ0n) is 17.4. The zero-order valence-corrected chi connectivity index (χ0v) is 18.2. The average Bonchev–Trinajstić information content (AvgIpc) is 2.78. The van der Waals surface area contributed by atoms with Gasteiger partial charge in [-0.1, -0.05) is 53.6 Å². The lowest BCUT2D eigenvalue weighted by molar-refractivity contribution is -0.114. The Labute approximate surface area is 191 Å². The lowest BCUT2D eigenvalue weighted by Crippen LogP contribution is -2.27. The molecule has 3 amide bonds. The van der Waals surface area contributed by atoms with Crippen LogP contribution in [0, 0.1) is 6.92 Å². The minimum Gasteiger partial charge on any atom is -0.375 e. The molecule has 0 saturated carbocycles. The topological polar surface area (TPSA) is 113 Å². The number of primary amides is 1. The number of nitrogens with two attached hydrogens (primary N) is 1. The van der Waals surface area contributed by atoms with Crippen LogP contribution in [-0.4, -0.2) is 24.3 Å². The van der Waals surface area contributed by atoms with E-state index in [0.717, 1.165) is 11.1 Å². The molecule has 3 aromatic rings. The van der Waals surface area contributed by atoms with Crippen LogP contribution in [0.3, 0.4) is 0 Å². The highest BCUT2D eigenvalue weighted by Gasteiger charge is 2.14. The Bertz CT molecular complexity index is 1150. The van der Waals surface area contributed by atoms with Crippen LogP contribution >= 0.6 is 11.6 Å². The first-order chi connectivity index (χ1) is 15.3. The lowest BCUT2D eigenvalue weighted by Gasteiger charge is -2.13. The van der Waals surface area contributed by atoms with E-state index in [9.17, 15) is 14.4 Å². The minimum atomic E-state index is -0.661. The van der Waals surface area contributed by atoms with E-state index >= 15 is 0 Å². The van der Waals surface area contributed by atoms with Gasteiger partial charge in [-0.05, 0) is 42.8 Å². The summed E-state index contributed by atoms with van der Waals surface area (Å²) < 4.78 is 0. The monoisotopic (exact) mass is 450 g/mol. The maximum Gasteiger partial charge on any atom is 0.253 e. The molecule has 0 fully saturated rings. The molecule has 0 saturated heterocycles. The number of carbonyl (C=O) groups is 3. The first kappa shape index (κ1) is 22.8. The average molecular weight is 451 g/mol. The SMILES string of the molecule is Cc1ccc(CNC(=O)c2ccccc2NC(=O)CNc2ccc(Cl)cc2C(N)=O)cc1. The second-order valence-electron chi connectivity index (χ2n) is 7.17. The van der Waals surface area contributed by atoms with E-state index in [-0.39, 0.29) is 18.0 Å². The normalized spacial score (nSPS) is 10.3. The largest absolute Gasteiger partial charge is 0.375 e. The Hall–Kier alpha value is -3.84. The van der Waals surface area contributed by atoms with E-state index in [1.54, 1.807) is 36.4 Å². The number of para-hydroxylation sites is 1. The van der Waals surface area contributed by atoms with E-state index in [2.05, 4.69) is 16.0 Å². The molecule has 32 heavy (non-hydrogen) atoms. The quantitative estimate of drug-likeness (QED) is 0.418. The highest BCUT2D eigenvalue weighted by molar-refractivity contribution is 6.31. The van der Waals surface area contributed by atoms with Crippen LogP contribution < -0.4 is 21.7 Å². The summed E-state index contributed by atoms with van der Waals surface area (Å²) in [7, 11) is 0. The van der Waals surface area contributed by atoms with Crippen LogP contribution in [0.25, 0.3) is 0 Å². The molecule has 5 N–H and O–H groups in total. The summed E-state index contributed by atoms with van der Waals surface area (Å²) >= 11 is 5.90. The van der Waals surface area contributed by atoms with Gasteiger partial charge in [-0.3, -0.25) is 14.4 Å². The number of benzene rings is 3. The number of amides is 3. The maximum atomic E-state index is 12.7. The summed E-state index contributed by atoms with van der Waals surface area (Å²) in [6.07, 6.45) is 0. The van der Waals surface area contributed by atoms with Crippen molar-refractivity contribution in [2.75, 3.05) is 17.2 Å². The van der Waals surface area contributed by atoms with E-state index in [4.69, 9.17) is 17.3 Å². The third-order valence-electron chi connectivity index (χ3n) is 4.71. The van der Waals surface area contributed by atoms with Crippen molar-refractivity contribution >= 4 is 40.7 Å². The molecule has 8 heteroatoms. The first-order valence-corrected chi connectivity index (χ1v) is 10.3. The first-order valence-electron chi connectivity index (χ1n) is 9.89. The zero-order chi connectivity index (χ0) is 23.1. The number of nitrogens with one attached hydrogen (secondary N) is 3. The molecule has 0 aliphatic rings. The van der Waals surface area contributed by atoms with Gasteiger partial charge >= 0.3 is 0 Å². The molecule has 3 aromatic carbocycles. The number of anilines is 2. The van der Waals surface area contributed by atoms with Crippen molar-refractivity contribution in [3.8, 4) is 0 Å². The Balaban J connectivity index is 1.63. The number of aryl methyl sites for hydroxylation is 1. The smallest absolute Gasteiger partial charge is 0.253 e. The molecule has 3 rings (SSSR count). The van der Waals surface area contributed by atoms with Crippen LogP contribution in [0.4, 0.5) is 11.4 Å². The highest BCUT2D eigenvalue weighted by Crippen LogP contribution is 2.20. The van der Waals surface area contributed by atoms with Crippen molar-refractivity contribution in [1.82, 2.24) is 5.32 Å². The van der Waals surface area contributed by atoms with E-state index in [1.165, 1.54) is 6.07 Å². The fourth-order valence-electron chi connectivity index (χ4n) is 3.02.